The van der Waals surface area contributed by atoms with E-state index >= 15 is 0 Å². The Morgan fingerprint density at radius 1 is 1.03 bits per heavy atom. The van der Waals surface area contributed by atoms with Crippen LogP contribution in [0.2, 0.25) is 0 Å². The Balaban J connectivity index is 1.17. The zero-order valence-corrected chi connectivity index (χ0v) is 21.2. The van der Waals surface area contributed by atoms with E-state index < -0.39 is 0 Å². The predicted molar refractivity (Wildman–Crippen MR) is 140 cm³/mol. The van der Waals surface area contributed by atoms with Crippen molar-refractivity contribution < 1.29 is 14.4 Å². The van der Waals surface area contributed by atoms with E-state index in [1.807, 2.05) is 35.2 Å². The molecule has 0 spiro atoms. The molecule has 4 unspecified atom stereocenters. The van der Waals surface area contributed by atoms with Crippen molar-refractivity contribution in [3.63, 3.8) is 0 Å². The van der Waals surface area contributed by atoms with E-state index in [1.54, 1.807) is 0 Å². The first-order valence-electron chi connectivity index (χ1n) is 13.2. The van der Waals surface area contributed by atoms with Crippen molar-refractivity contribution in [2.24, 2.45) is 11.8 Å². The van der Waals surface area contributed by atoms with E-state index in [0.29, 0.717) is 45.3 Å². The van der Waals surface area contributed by atoms with Crippen LogP contribution in [-0.4, -0.2) is 65.9 Å². The normalized spacial score (nSPS) is 26.4. The molecule has 2 aromatic carbocycles. The molecule has 4 atom stereocenters. The number of piperazine rings is 1. The summed E-state index contributed by atoms with van der Waals surface area (Å²) in [5, 5.41) is 3.05. The maximum Gasteiger partial charge on any atom is 0.324 e. The molecule has 190 valence electrons. The van der Waals surface area contributed by atoms with Crippen LogP contribution < -0.4 is 10.2 Å². The first-order valence-corrected chi connectivity index (χ1v) is 13.2. The number of amides is 4. The summed E-state index contributed by atoms with van der Waals surface area (Å²) >= 11 is 0. The Morgan fingerprint density at radius 3 is 2.58 bits per heavy atom. The van der Waals surface area contributed by atoms with E-state index in [2.05, 4.69) is 48.3 Å². The second kappa shape index (κ2) is 10.3. The van der Waals surface area contributed by atoms with E-state index in [1.165, 1.54) is 16.2 Å². The molecule has 0 aromatic heterocycles. The van der Waals surface area contributed by atoms with Crippen LogP contribution in [0.15, 0.2) is 54.6 Å². The number of urea groups is 1. The topological polar surface area (TPSA) is 73.0 Å². The molecule has 1 aliphatic carbocycles. The third-order valence-electron chi connectivity index (χ3n) is 8.08. The minimum atomic E-state index is -0.328. The number of hydrogen-bond acceptors (Lipinski definition) is 4. The van der Waals surface area contributed by atoms with E-state index in [0.717, 1.165) is 12.1 Å². The fraction of sp³-hybridized carbons (Fsp3) is 0.483. The second-order valence-corrected chi connectivity index (χ2v) is 10.6. The predicted octanol–water partition coefficient (Wildman–Crippen LogP) is 3.61. The third kappa shape index (κ3) is 4.97. The summed E-state index contributed by atoms with van der Waals surface area (Å²) in [4.78, 5) is 45.1. The molecule has 36 heavy (non-hydrogen) atoms. The van der Waals surface area contributed by atoms with Gasteiger partial charge in [0.15, 0.2) is 0 Å². The van der Waals surface area contributed by atoms with Gasteiger partial charge in [0.2, 0.25) is 11.8 Å². The number of aryl methyl sites for hydroxylation is 1. The van der Waals surface area contributed by atoms with Gasteiger partial charge in [-0.05, 0) is 62.8 Å². The van der Waals surface area contributed by atoms with Crippen LogP contribution in [0.5, 0.6) is 0 Å². The summed E-state index contributed by atoms with van der Waals surface area (Å²) in [6.45, 7) is 6.84. The number of carbonyl (C=O) groups excluding carboxylic acids is 3. The average Bonchev–Trinajstić information content (AvgIpc) is 2.88. The standard InChI is InChI=1S/C29H36N4O3/c1-20-7-6-10-24(17-20)32-16-15-31(19-21(32)2)27(34)23-11-12-25-26(18-23)30-29(36)33(28(25)35)14-13-22-8-4-3-5-9-22/h3-10,17,21,23,25-26H,11-16,18-19H2,1-2H3,(H,30,36). The van der Waals surface area contributed by atoms with Crippen LogP contribution in [0, 0.1) is 18.8 Å². The minimum absolute atomic E-state index is 0.0917. The Hall–Kier alpha value is -3.35. The molecule has 2 saturated heterocycles. The van der Waals surface area contributed by atoms with Gasteiger partial charge >= 0.3 is 6.03 Å². The monoisotopic (exact) mass is 488 g/mol. The van der Waals surface area contributed by atoms with Crippen LogP contribution in [0.25, 0.3) is 0 Å². The Morgan fingerprint density at radius 2 is 1.83 bits per heavy atom. The van der Waals surface area contributed by atoms with Crippen LogP contribution in [0.3, 0.4) is 0 Å². The number of rotatable bonds is 5. The van der Waals surface area contributed by atoms with Gasteiger partial charge in [-0.1, -0.05) is 42.5 Å². The van der Waals surface area contributed by atoms with E-state index in [-0.39, 0.29) is 41.8 Å². The number of nitrogens with one attached hydrogen (secondary N) is 1. The molecular weight excluding hydrogens is 452 g/mol. The molecule has 0 radical (unpaired) electrons. The first kappa shape index (κ1) is 24.3. The lowest BCUT2D eigenvalue weighted by Crippen LogP contribution is -2.63. The zero-order chi connectivity index (χ0) is 25.2. The SMILES string of the molecule is Cc1cccc(N2CCN(C(=O)C3CCC4C(=O)N(CCc5ccccc5)C(=O)NC4C3)CC2C)c1. The first-order chi connectivity index (χ1) is 17.4. The molecule has 7 nitrogen and oxygen atoms in total. The molecule has 7 heteroatoms. The Bertz CT molecular complexity index is 1120. The van der Waals surface area contributed by atoms with Gasteiger partial charge in [0.1, 0.15) is 0 Å². The molecule has 3 fully saturated rings. The molecule has 5 rings (SSSR count). The summed E-state index contributed by atoms with van der Waals surface area (Å²) in [5.41, 5.74) is 3.54. The summed E-state index contributed by atoms with van der Waals surface area (Å²) in [6, 6.07) is 18.0. The molecule has 1 saturated carbocycles. The highest BCUT2D eigenvalue weighted by atomic mass is 16.2. The number of anilines is 1. The van der Waals surface area contributed by atoms with Crippen molar-refractivity contribution in [2.45, 2.75) is 51.6 Å². The lowest BCUT2D eigenvalue weighted by molar-refractivity contribution is -0.143. The summed E-state index contributed by atoms with van der Waals surface area (Å²) in [7, 11) is 0. The number of fused-ring (bicyclic) bond motifs is 1. The fourth-order valence-electron chi connectivity index (χ4n) is 6.09. The summed E-state index contributed by atoms with van der Waals surface area (Å²) in [5.74, 6) is -0.309. The number of nitrogens with zero attached hydrogens (tertiary/aromatic N) is 3. The number of carbonyl (C=O) groups is 3. The van der Waals surface area contributed by atoms with Gasteiger partial charge in [-0.25, -0.2) is 4.79 Å². The highest BCUT2D eigenvalue weighted by molar-refractivity contribution is 5.99. The second-order valence-electron chi connectivity index (χ2n) is 10.6. The molecule has 4 amide bonds. The smallest absolute Gasteiger partial charge is 0.324 e. The van der Waals surface area contributed by atoms with Crippen molar-refractivity contribution in [1.29, 1.82) is 0 Å². The number of benzene rings is 2. The number of imide groups is 1. The molecule has 2 aliphatic heterocycles. The highest BCUT2D eigenvalue weighted by Gasteiger charge is 2.46. The molecule has 2 heterocycles. The Labute approximate surface area is 213 Å². The summed E-state index contributed by atoms with van der Waals surface area (Å²) in [6.07, 6.45) is 2.52. The minimum Gasteiger partial charge on any atom is -0.365 e. The molecule has 0 bridgehead atoms. The number of hydrogen-bond donors (Lipinski definition) is 1. The van der Waals surface area contributed by atoms with Gasteiger partial charge in [0, 0.05) is 49.9 Å². The van der Waals surface area contributed by atoms with Gasteiger partial charge in [-0.15, -0.1) is 0 Å². The highest BCUT2D eigenvalue weighted by Crippen LogP contribution is 2.34. The summed E-state index contributed by atoms with van der Waals surface area (Å²) < 4.78 is 0. The molecule has 2 aromatic rings. The van der Waals surface area contributed by atoms with Crippen LogP contribution in [-0.2, 0) is 16.0 Å². The lowest BCUT2D eigenvalue weighted by Gasteiger charge is -2.45. The Kier molecular flexibility index (Phi) is 6.99. The van der Waals surface area contributed by atoms with Crippen LogP contribution >= 0.6 is 0 Å². The van der Waals surface area contributed by atoms with E-state index in [9.17, 15) is 14.4 Å². The van der Waals surface area contributed by atoms with Crippen molar-refractivity contribution in [1.82, 2.24) is 15.1 Å². The van der Waals surface area contributed by atoms with Crippen molar-refractivity contribution in [3.05, 3.63) is 65.7 Å². The molecule has 3 aliphatic rings. The lowest BCUT2D eigenvalue weighted by atomic mass is 9.76. The average molecular weight is 489 g/mol. The maximum atomic E-state index is 13.5. The zero-order valence-electron chi connectivity index (χ0n) is 21.2. The van der Waals surface area contributed by atoms with Crippen molar-refractivity contribution in [2.75, 3.05) is 31.1 Å². The maximum absolute atomic E-state index is 13.5. The largest absolute Gasteiger partial charge is 0.365 e. The van der Waals surface area contributed by atoms with E-state index in [4.69, 9.17) is 0 Å². The fourth-order valence-corrected chi connectivity index (χ4v) is 6.09. The van der Waals surface area contributed by atoms with Crippen molar-refractivity contribution in [3.8, 4) is 0 Å². The van der Waals surface area contributed by atoms with Gasteiger partial charge < -0.3 is 15.1 Å². The van der Waals surface area contributed by atoms with Gasteiger partial charge in [0.25, 0.3) is 0 Å². The van der Waals surface area contributed by atoms with Crippen LogP contribution in [0.1, 0.15) is 37.3 Å². The van der Waals surface area contributed by atoms with Crippen LogP contribution in [0.4, 0.5) is 10.5 Å². The van der Waals surface area contributed by atoms with Gasteiger partial charge in [0.05, 0.1) is 5.92 Å². The molecule has 1 N–H and O–H groups in total. The third-order valence-corrected chi connectivity index (χ3v) is 8.08. The molecular formula is C29H36N4O3. The van der Waals surface area contributed by atoms with Gasteiger partial charge in [-0.3, -0.25) is 14.5 Å². The van der Waals surface area contributed by atoms with Crippen molar-refractivity contribution >= 4 is 23.5 Å². The quantitative estimate of drug-likeness (QED) is 0.698. The van der Waals surface area contributed by atoms with Gasteiger partial charge in [-0.2, -0.15) is 0 Å².